The molecule has 3 rings (SSSR count). The van der Waals surface area contributed by atoms with E-state index in [2.05, 4.69) is 15.5 Å². The molecule has 1 aliphatic heterocycles. The fraction of sp³-hybridized carbons (Fsp3) is 0.389. The molecule has 2 atom stereocenters. The highest BCUT2D eigenvalue weighted by Gasteiger charge is 2.28. The van der Waals surface area contributed by atoms with Crippen LogP contribution in [0.5, 0.6) is 0 Å². The summed E-state index contributed by atoms with van der Waals surface area (Å²) in [5.41, 5.74) is 0.493. The Morgan fingerprint density at radius 2 is 2.12 bits per heavy atom. The van der Waals surface area contributed by atoms with Gasteiger partial charge in [0.15, 0.2) is 11.0 Å². The average molecular weight is 363 g/mol. The first kappa shape index (κ1) is 17.6. The number of aromatic nitrogens is 2. The maximum atomic E-state index is 13.9. The van der Waals surface area contributed by atoms with Crippen molar-refractivity contribution in [3.05, 3.63) is 52.9 Å². The van der Waals surface area contributed by atoms with Gasteiger partial charge in [0, 0.05) is 18.7 Å². The first-order valence-corrected chi connectivity index (χ1v) is 8.71. The molecule has 7 heteroatoms. The molecule has 2 aromatic rings. The van der Waals surface area contributed by atoms with Crippen LogP contribution in [0.3, 0.4) is 0 Å². The lowest BCUT2D eigenvalue weighted by atomic mass is 9.96. The SMILES string of the molecule is C[C@@H](NC(=O)[C@@H]1CCCN(c2ccc(Cl)nn2)C1)c1ccccc1F. The second-order valence-electron chi connectivity index (χ2n) is 6.25. The maximum absolute atomic E-state index is 13.9. The molecule has 1 amide bonds. The summed E-state index contributed by atoms with van der Waals surface area (Å²) in [6, 6.07) is 9.61. The number of piperidine rings is 1. The zero-order valence-electron chi connectivity index (χ0n) is 14.0. The molecule has 132 valence electrons. The zero-order valence-corrected chi connectivity index (χ0v) is 14.7. The molecule has 0 bridgehead atoms. The molecule has 2 heterocycles. The Morgan fingerprint density at radius 3 is 2.84 bits per heavy atom. The maximum Gasteiger partial charge on any atom is 0.225 e. The first-order valence-electron chi connectivity index (χ1n) is 8.33. The molecule has 1 aromatic carbocycles. The van der Waals surface area contributed by atoms with Crippen LogP contribution in [0.4, 0.5) is 10.2 Å². The van der Waals surface area contributed by atoms with Crippen LogP contribution in [0.2, 0.25) is 5.15 Å². The van der Waals surface area contributed by atoms with Gasteiger partial charge in [-0.3, -0.25) is 4.79 Å². The molecule has 1 saturated heterocycles. The smallest absolute Gasteiger partial charge is 0.225 e. The summed E-state index contributed by atoms with van der Waals surface area (Å²) in [7, 11) is 0. The number of carbonyl (C=O) groups is 1. The summed E-state index contributed by atoms with van der Waals surface area (Å²) >= 11 is 5.77. The summed E-state index contributed by atoms with van der Waals surface area (Å²) in [6.45, 7) is 3.18. The number of rotatable bonds is 4. The van der Waals surface area contributed by atoms with Crippen molar-refractivity contribution < 1.29 is 9.18 Å². The summed E-state index contributed by atoms with van der Waals surface area (Å²) in [5.74, 6) is 0.170. The number of benzene rings is 1. The number of halogens is 2. The van der Waals surface area contributed by atoms with Gasteiger partial charge in [0.25, 0.3) is 0 Å². The molecule has 1 aliphatic rings. The number of anilines is 1. The third-order valence-electron chi connectivity index (χ3n) is 4.46. The predicted molar refractivity (Wildman–Crippen MR) is 94.9 cm³/mol. The van der Waals surface area contributed by atoms with Crippen molar-refractivity contribution in [3.63, 3.8) is 0 Å². The summed E-state index contributed by atoms with van der Waals surface area (Å²) in [4.78, 5) is 14.6. The van der Waals surface area contributed by atoms with Crippen LogP contribution in [0.1, 0.15) is 31.4 Å². The largest absolute Gasteiger partial charge is 0.354 e. The van der Waals surface area contributed by atoms with Gasteiger partial charge in [-0.25, -0.2) is 4.39 Å². The molecule has 5 nitrogen and oxygen atoms in total. The Balaban J connectivity index is 1.64. The Bertz CT molecular complexity index is 740. The van der Waals surface area contributed by atoms with Crippen molar-refractivity contribution in [2.45, 2.75) is 25.8 Å². The van der Waals surface area contributed by atoms with E-state index in [1.165, 1.54) is 6.07 Å². The van der Waals surface area contributed by atoms with E-state index in [1.54, 1.807) is 37.3 Å². The van der Waals surface area contributed by atoms with E-state index < -0.39 is 0 Å². The lowest BCUT2D eigenvalue weighted by molar-refractivity contribution is -0.125. The molecule has 0 saturated carbocycles. The molecule has 0 unspecified atom stereocenters. The fourth-order valence-electron chi connectivity index (χ4n) is 3.11. The van der Waals surface area contributed by atoms with E-state index in [-0.39, 0.29) is 23.7 Å². The lowest BCUT2D eigenvalue weighted by Crippen LogP contribution is -2.44. The second kappa shape index (κ2) is 7.78. The van der Waals surface area contributed by atoms with Gasteiger partial charge in [0.2, 0.25) is 5.91 Å². The molecular formula is C18H20ClFN4O. The number of hydrogen-bond donors (Lipinski definition) is 1. The van der Waals surface area contributed by atoms with Crippen LogP contribution in [0.25, 0.3) is 0 Å². The highest BCUT2D eigenvalue weighted by molar-refractivity contribution is 6.29. The molecule has 25 heavy (non-hydrogen) atoms. The van der Waals surface area contributed by atoms with Crippen LogP contribution in [-0.2, 0) is 4.79 Å². The molecule has 1 aromatic heterocycles. The van der Waals surface area contributed by atoms with Crippen LogP contribution in [-0.4, -0.2) is 29.2 Å². The Hall–Kier alpha value is -2.21. The van der Waals surface area contributed by atoms with E-state index in [4.69, 9.17) is 11.6 Å². The van der Waals surface area contributed by atoms with E-state index in [1.807, 2.05) is 4.90 Å². The van der Waals surface area contributed by atoms with Crippen molar-refractivity contribution in [1.82, 2.24) is 15.5 Å². The summed E-state index contributed by atoms with van der Waals surface area (Å²) in [5, 5.41) is 11.2. The van der Waals surface area contributed by atoms with E-state index in [0.717, 1.165) is 19.4 Å². The minimum atomic E-state index is -0.376. The van der Waals surface area contributed by atoms with Gasteiger partial charge in [-0.15, -0.1) is 10.2 Å². The van der Waals surface area contributed by atoms with Crippen molar-refractivity contribution in [2.75, 3.05) is 18.0 Å². The molecule has 0 aliphatic carbocycles. The molecule has 0 spiro atoms. The quantitative estimate of drug-likeness (QED) is 0.906. The first-order chi connectivity index (χ1) is 12.0. The summed E-state index contributed by atoms with van der Waals surface area (Å²) < 4.78 is 13.9. The van der Waals surface area contributed by atoms with Crippen LogP contribution in [0, 0.1) is 11.7 Å². The standard InChI is InChI=1S/C18H20ClFN4O/c1-12(14-6-2-3-7-15(14)20)21-18(25)13-5-4-10-24(11-13)17-9-8-16(19)22-23-17/h2-3,6-9,12-13H,4-5,10-11H2,1H3,(H,21,25)/t12-,13-/m1/s1. The zero-order chi connectivity index (χ0) is 17.8. The van der Waals surface area contributed by atoms with Crippen molar-refractivity contribution in [1.29, 1.82) is 0 Å². The normalized spacial score (nSPS) is 18.7. The predicted octanol–water partition coefficient (Wildman–Crippen LogP) is 3.36. The van der Waals surface area contributed by atoms with Gasteiger partial charge in [0.1, 0.15) is 5.82 Å². The Morgan fingerprint density at radius 1 is 1.32 bits per heavy atom. The Kier molecular flexibility index (Phi) is 5.48. The molecule has 0 radical (unpaired) electrons. The van der Waals surface area contributed by atoms with Crippen LogP contribution in [0.15, 0.2) is 36.4 Å². The number of carbonyl (C=O) groups excluding carboxylic acids is 1. The highest BCUT2D eigenvalue weighted by Crippen LogP contribution is 2.23. The van der Waals surface area contributed by atoms with Crippen LogP contribution >= 0.6 is 11.6 Å². The van der Waals surface area contributed by atoms with Gasteiger partial charge in [0.05, 0.1) is 12.0 Å². The van der Waals surface area contributed by atoms with Crippen molar-refractivity contribution in [3.8, 4) is 0 Å². The molecule has 1 fully saturated rings. The van der Waals surface area contributed by atoms with Gasteiger partial charge < -0.3 is 10.2 Å². The topological polar surface area (TPSA) is 58.1 Å². The molecule has 1 N–H and O–H groups in total. The minimum Gasteiger partial charge on any atom is -0.354 e. The lowest BCUT2D eigenvalue weighted by Gasteiger charge is -2.33. The highest BCUT2D eigenvalue weighted by atomic mass is 35.5. The van der Waals surface area contributed by atoms with Gasteiger partial charge in [-0.1, -0.05) is 29.8 Å². The second-order valence-corrected chi connectivity index (χ2v) is 6.64. The van der Waals surface area contributed by atoms with Gasteiger partial charge >= 0.3 is 0 Å². The average Bonchev–Trinajstić information content (AvgIpc) is 2.62. The van der Waals surface area contributed by atoms with E-state index in [0.29, 0.717) is 23.1 Å². The number of amides is 1. The van der Waals surface area contributed by atoms with Crippen molar-refractivity contribution in [2.24, 2.45) is 5.92 Å². The number of nitrogens with one attached hydrogen (secondary N) is 1. The van der Waals surface area contributed by atoms with Crippen LogP contribution < -0.4 is 10.2 Å². The number of nitrogens with zero attached hydrogens (tertiary/aromatic N) is 3. The van der Waals surface area contributed by atoms with Gasteiger partial charge in [-0.2, -0.15) is 0 Å². The van der Waals surface area contributed by atoms with Crippen molar-refractivity contribution >= 4 is 23.3 Å². The third kappa shape index (κ3) is 4.25. The molecular weight excluding hydrogens is 343 g/mol. The minimum absolute atomic E-state index is 0.0672. The monoisotopic (exact) mass is 362 g/mol. The van der Waals surface area contributed by atoms with E-state index in [9.17, 15) is 9.18 Å². The fourth-order valence-corrected chi connectivity index (χ4v) is 3.21. The van der Waals surface area contributed by atoms with Gasteiger partial charge in [-0.05, 0) is 38.0 Å². The van der Waals surface area contributed by atoms with E-state index >= 15 is 0 Å². The Labute approximate surface area is 151 Å². The third-order valence-corrected chi connectivity index (χ3v) is 4.67. The summed E-state index contributed by atoms with van der Waals surface area (Å²) in [6.07, 6.45) is 1.68. The number of hydrogen-bond acceptors (Lipinski definition) is 4.